The number of nitrogens with zero attached hydrogens (tertiary/aromatic N) is 1. The number of rotatable bonds is 7. The third kappa shape index (κ3) is 6.65. The van der Waals surface area contributed by atoms with Crippen molar-refractivity contribution < 1.29 is 22.7 Å². The largest absolute Gasteiger partial charge is 0.465 e. The summed E-state index contributed by atoms with van der Waals surface area (Å²) >= 11 is 0. The van der Waals surface area contributed by atoms with Gasteiger partial charge in [-0.25, -0.2) is 9.63 Å². The summed E-state index contributed by atoms with van der Waals surface area (Å²) in [5, 5.41) is 6.43. The zero-order valence-corrected chi connectivity index (χ0v) is 19.0. The maximum absolute atomic E-state index is 12.5. The van der Waals surface area contributed by atoms with E-state index in [9.17, 15) is 18.0 Å². The van der Waals surface area contributed by atoms with Gasteiger partial charge in [0.25, 0.3) is 10.0 Å². The van der Waals surface area contributed by atoms with Crippen LogP contribution in [0.5, 0.6) is 0 Å². The van der Waals surface area contributed by atoms with E-state index in [1.807, 2.05) is 20.8 Å². The number of carbonyl (C=O) groups excluding carboxylic acids is 2. The fourth-order valence-electron chi connectivity index (χ4n) is 2.67. The molecule has 0 saturated carbocycles. The molecule has 2 aromatic carbocycles. The number of amides is 1. The maximum Gasteiger partial charge on any atom is 0.339 e. The molecule has 0 bridgehead atoms. The number of anilines is 1. The lowest BCUT2D eigenvalue weighted by Crippen LogP contribution is -2.22. The number of carbonyl (C=O) groups is 2. The lowest BCUT2D eigenvalue weighted by atomic mass is 9.87. The summed E-state index contributed by atoms with van der Waals surface area (Å²) in [6, 6.07) is 13.0. The average molecular weight is 446 g/mol. The second-order valence-electron chi connectivity index (χ2n) is 7.98. The number of nitrogens with one attached hydrogen (secondary N) is 2. The van der Waals surface area contributed by atoms with E-state index in [0.717, 1.165) is 5.56 Å². The molecule has 0 aromatic heterocycles. The number of hydrogen-bond donors (Lipinski definition) is 2. The first-order valence-corrected chi connectivity index (χ1v) is 11.0. The van der Waals surface area contributed by atoms with Gasteiger partial charge in [-0.1, -0.05) is 45.0 Å². The summed E-state index contributed by atoms with van der Waals surface area (Å²) in [4.78, 5) is 26.3. The predicted octanol–water partition coefficient (Wildman–Crippen LogP) is 3.45. The Kier molecular flexibility index (Phi) is 7.56. The van der Waals surface area contributed by atoms with Crippen LogP contribution < -0.4 is 10.1 Å². The lowest BCUT2D eigenvalue weighted by Gasteiger charge is -2.19. The fraction of sp³-hybridized carbons (Fsp3) is 0.318. The second-order valence-corrected chi connectivity index (χ2v) is 9.64. The number of para-hydroxylation sites is 1. The van der Waals surface area contributed by atoms with Crippen molar-refractivity contribution in [3.63, 3.8) is 0 Å². The van der Waals surface area contributed by atoms with Gasteiger partial charge in [0.2, 0.25) is 5.91 Å². The molecule has 0 aliphatic heterocycles. The topological polar surface area (TPSA) is 114 Å². The SMILES string of the molecule is COC(=O)c1ccccc1NC(=O)C/C(C)=N/NS(=O)(=O)c1ccc(C(C)(C)C)cc1. The molecule has 0 aliphatic rings. The van der Waals surface area contributed by atoms with E-state index in [4.69, 9.17) is 4.74 Å². The van der Waals surface area contributed by atoms with Gasteiger partial charge in [-0.15, -0.1) is 0 Å². The van der Waals surface area contributed by atoms with E-state index < -0.39 is 21.9 Å². The minimum absolute atomic E-state index is 0.0773. The number of ether oxygens (including phenoxy) is 1. The highest BCUT2D eigenvalue weighted by molar-refractivity contribution is 7.89. The van der Waals surface area contributed by atoms with Gasteiger partial charge in [0.15, 0.2) is 0 Å². The summed E-state index contributed by atoms with van der Waals surface area (Å²) in [6.07, 6.45) is -0.166. The summed E-state index contributed by atoms with van der Waals surface area (Å²) in [6.45, 7) is 7.64. The van der Waals surface area contributed by atoms with Crippen molar-refractivity contribution in [1.29, 1.82) is 0 Å². The van der Waals surface area contributed by atoms with Crippen LogP contribution in [0, 0.1) is 0 Å². The number of hydrogen-bond acceptors (Lipinski definition) is 6. The van der Waals surface area contributed by atoms with Crippen molar-refractivity contribution in [1.82, 2.24) is 4.83 Å². The molecule has 0 spiro atoms. The third-order valence-electron chi connectivity index (χ3n) is 4.41. The molecule has 0 fully saturated rings. The van der Waals surface area contributed by atoms with Gasteiger partial charge >= 0.3 is 5.97 Å². The zero-order valence-electron chi connectivity index (χ0n) is 18.2. The highest BCUT2D eigenvalue weighted by atomic mass is 32.2. The van der Waals surface area contributed by atoms with Crippen LogP contribution in [0.25, 0.3) is 0 Å². The van der Waals surface area contributed by atoms with E-state index >= 15 is 0 Å². The Hall–Kier alpha value is -3.20. The average Bonchev–Trinajstić information content (AvgIpc) is 2.71. The maximum atomic E-state index is 12.5. The molecule has 31 heavy (non-hydrogen) atoms. The Balaban J connectivity index is 2.04. The van der Waals surface area contributed by atoms with Crippen molar-refractivity contribution in [2.75, 3.05) is 12.4 Å². The Morgan fingerprint density at radius 1 is 1.03 bits per heavy atom. The van der Waals surface area contributed by atoms with Gasteiger partial charge in [0.1, 0.15) is 0 Å². The van der Waals surface area contributed by atoms with E-state index in [2.05, 4.69) is 15.2 Å². The Labute approximate surface area is 182 Å². The van der Waals surface area contributed by atoms with E-state index in [1.54, 1.807) is 30.3 Å². The molecular weight excluding hydrogens is 418 g/mol. The number of esters is 1. The quantitative estimate of drug-likeness (QED) is 0.385. The second kappa shape index (κ2) is 9.74. The first kappa shape index (κ1) is 24.1. The molecular formula is C22H27N3O5S. The standard InChI is InChI=1S/C22H27N3O5S/c1-15(14-20(26)23-19-9-7-6-8-18(19)21(27)30-5)24-25-31(28,29)17-12-10-16(11-13-17)22(2,3)4/h6-13,25H,14H2,1-5H3,(H,23,26)/b24-15+. The molecule has 9 heteroatoms. The third-order valence-corrected chi connectivity index (χ3v) is 5.63. The summed E-state index contributed by atoms with van der Waals surface area (Å²) in [5.41, 5.74) is 1.68. The lowest BCUT2D eigenvalue weighted by molar-refractivity contribution is -0.115. The molecule has 0 saturated heterocycles. The van der Waals surface area contributed by atoms with Crippen LogP contribution in [0.4, 0.5) is 5.69 Å². The molecule has 0 unspecified atom stereocenters. The van der Waals surface area contributed by atoms with Gasteiger partial charge in [-0.05, 0) is 42.2 Å². The van der Waals surface area contributed by atoms with Gasteiger partial charge in [0, 0.05) is 5.71 Å². The van der Waals surface area contributed by atoms with E-state index in [1.165, 1.54) is 32.2 Å². The highest BCUT2D eigenvalue weighted by Crippen LogP contribution is 2.23. The van der Waals surface area contributed by atoms with Crippen molar-refractivity contribution >= 4 is 33.3 Å². The minimum Gasteiger partial charge on any atom is -0.465 e. The number of methoxy groups -OCH3 is 1. The van der Waals surface area contributed by atoms with Gasteiger partial charge < -0.3 is 10.1 Å². The van der Waals surface area contributed by atoms with Gasteiger partial charge in [-0.3, -0.25) is 4.79 Å². The van der Waals surface area contributed by atoms with Crippen molar-refractivity contribution in [3.05, 3.63) is 59.7 Å². The number of sulfonamides is 1. The Bertz CT molecular complexity index is 1080. The van der Waals surface area contributed by atoms with E-state index in [0.29, 0.717) is 5.69 Å². The molecule has 2 N–H and O–H groups in total. The number of benzene rings is 2. The van der Waals surface area contributed by atoms with Gasteiger partial charge in [-0.2, -0.15) is 13.5 Å². The molecule has 0 radical (unpaired) electrons. The Morgan fingerprint density at radius 2 is 1.65 bits per heavy atom. The molecule has 0 heterocycles. The normalized spacial score (nSPS) is 12.2. The molecule has 2 rings (SSSR count). The van der Waals surface area contributed by atoms with Crippen molar-refractivity contribution in [2.24, 2.45) is 5.10 Å². The summed E-state index contributed by atoms with van der Waals surface area (Å²) < 4.78 is 29.6. The molecule has 0 aliphatic carbocycles. The molecule has 0 atom stereocenters. The molecule has 8 nitrogen and oxygen atoms in total. The van der Waals surface area contributed by atoms with Crippen LogP contribution in [-0.2, 0) is 25.0 Å². The van der Waals surface area contributed by atoms with Gasteiger partial charge in [0.05, 0.1) is 29.7 Å². The summed E-state index contributed by atoms with van der Waals surface area (Å²) in [7, 11) is -2.61. The fourth-order valence-corrected chi connectivity index (χ4v) is 3.55. The highest BCUT2D eigenvalue weighted by Gasteiger charge is 2.18. The Morgan fingerprint density at radius 3 is 2.23 bits per heavy atom. The van der Waals surface area contributed by atoms with Crippen LogP contribution in [0.15, 0.2) is 58.5 Å². The van der Waals surface area contributed by atoms with Crippen LogP contribution >= 0.6 is 0 Å². The molecule has 2 aromatic rings. The predicted molar refractivity (Wildman–Crippen MR) is 120 cm³/mol. The monoisotopic (exact) mass is 445 g/mol. The first-order chi connectivity index (χ1) is 14.4. The minimum atomic E-state index is -3.86. The van der Waals surface area contributed by atoms with Crippen LogP contribution in [0.3, 0.4) is 0 Å². The molecule has 1 amide bonds. The zero-order chi connectivity index (χ0) is 23.2. The van der Waals surface area contributed by atoms with Crippen LogP contribution in [0.2, 0.25) is 0 Å². The first-order valence-electron chi connectivity index (χ1n) is 9.57. The van der Waals surface area contributed by atoms with Crippen molar-refractivity contribution in [2.45, 2.75) is 44.4 Å². The summed E-state index contributed by atoms with van der Waals surface area (Å²) in [5.74, 6) is -1.03. The number of hydrazone groups is 1. The van der Waals surface area contributed by atoms with Crippen LogP contribution in [0.1, 0.15) is 50.0 Å². The van der Waals surface area contributed by atoms with Crippen LogP contribution in [-0.4, -0.2) is 33.1 Å². The van der Waals surface area contributed by atoms with E-state index in [-0.39, 0.29) is 28.0 Å². The van der Waals surface area contributed by atoms with Crippen molar-refractivity contribution in [3.8, 4) is 0 Å². The smallest absolute Gasteiger partial charge is 0.339 e. The molecule has 166 valence electrons.